The Bertz CT molecular complexity index is 686. The summed E-state index contributed by atoms with van der Waals surface area (Å²) < 4.78 is 16.9. The third-order valence-corrected chi connectivity index (χ3v) is 2.85. The van der Waals surface area contributed by atoms with Gasteiger partial charge in [-0.2, -0.15) is 0 Å². The van der Waals surface area contributed by atoms with E-state index in [1.165, 1.54) is 31.0 Å². The van der Waals surface area contributed by atoms with Gasteiger partial charge in [-0.15, -0.1) is 0 Å². The minimum atomic E-state index is -0.491. The first kappa shape index (κ1) is 15.0. The monoisotopic (exact) mass is 292 g/mol. The quantitative estimate of drug-likeness (QED) is 0.785. The standard InChI is InChI=1S/C14H16N2O5/c1-19-13(20-2)9-21-11-5-3-10(4-6-11)16-8-7-12(17)15-14(16)18/h3-8,13H,9H2,1-2H3,(H,15,17,18). The number of H-pyrrole nitrogens is 1. The molecule has 0 aliphatic heterocycles. The molecule has 0 fully saturated rings. The van der Waals surface area contributed by atoms with Crippen molar-refractivity contribution in [2.75, 3.05) is 20.8 Å². The molecule has 1 N–H and O–H groups in total. The molecule has 0 saturated carbocycles. The summed E-state index contributed by atoms with van der Waals surface area (Å²) in [7, 11) is 3.06. The average Bonchev–Trinajstić information content (AvgIpc) is 2.49. The lowest BCUT2D eigenvalue weighted by Gasteiger charge is -2.14. The van der Waals surface area contributed by atoms with Crippen molar-refractivity contribution < 1.29 is 14.2 Å². The minimum absolute atomic E-state index is 0.255. The van der Waals surface area contributed by atoms with Crippen LogP contribution in [-0.4, -0.2) is 36.7 Å². The number of rotatable bonds is 6. The first-order valence-corrected chi connectivity index (χ1v) is 6.25. The smallest absolute Gasteiger partial charge is 0.332 e. The fraction of sp³-hybridized carbons (Fsp3) is 0.286. The van der Waals surface area contributed by atoms with Crippen LogP contribution in [0.5, 0.6) is 5.75 Å². The van der Waals surface area contributed by atoms with Gasteiger partial charge < -0.3 is 14.2 Å². The average molecular weight is 292 g/mol. The number of nitrogens with zero attached hydrogens (tertiary/aromatic N) is 1. The molecule has 2 aromatic rings. The predicted molar refractivity (Wildman–Crippen MR) is 76.0 cm³/mol. The lowest BCUT2D eigenvalue weighted by Crippen LogP contribution is -2.27. The van der Waals surface area contributed by atoms with Gasteiger partial charge in [0.25, 0.3) is 5.56 Å². The number of aromatic nitrogens is 2. The molecule has 0 spiro atoms. The summed E-state index contributed by atoms with van der Waals surface area (Å²) in [6.45, 7) is 0.255. The van der Waals surface area contributed by atoms with E-state index < -0.39 is 17.5 Å². The largest absolute Gasteiger partial charge is 0.488 e. The van der Waals surface area contributed by atoms with Crippen LogP contribution in [0, 0.1) is 0 Å². The van der Waals surface area contributed by atoms with Crippen LogP contribution in [0.4, 0.5) is 0 Å². The molecule has 1 heterocycles. The molecule has 0 saturated heterocycles. The summed E-state index contributed by atoms with van der Waals surface area (Å²) in [6.07, 6.45) is 0.981. The van der Waals surface area contributed by atoms with E-state index in [1.54, 1.807) is 24.3 Å². The number of ether oxygens (including phenoxy) is 3. The maximum absolute atomic E-state index is 11.7. The summed E-state index contributed by atoms with van der Waals surface area (Å²) in [5, 5.41) is 0. The second kappa shape index (κ2) is 6.87. The third-order valence-electron chi connectivity index (χ3n) is 2.85. The Hall–Kier alpha value is -2.38. The molecule has 0 unspecified atom stereocenters. The highest BCUT2D eigenvalue weighted by Crippen LogP contribution is 2.14. The Labute approximate surface area is 120 Å². The van der Waals surface area contributed by atoms with Crippen LogP contribution in [0.1, 0.15) is 0 Å². The maximum Gasteiger partial charge on any atom is 0.332 e. The predicted octanol–water partition coefficient (Wildman–Crippen LogP) is 0.523. The van der Waals surface area contributed by atoms with Gasteiger partial charge in [0, 0.05) is 26.5 Å². The fourth-order valence-electron chi connectivity index (χ4n) is 1.72. The van der Waals surface area contributed by atoms with Crippen LogP contribution in [0.25, 0.3) is 5.69 Å². The van der Waals surface area contributed by atoms with Crippen LogP contribution in [0.3, 0.4) is 0 Å². The van der Waals surface area contributed by atoms with Gasteiger partial charge in [-0.3, -0.25) is 14.3 Å². The van der Waals surface area contributed by atoms with Gasteiger partial charge in [0.15, 0.2) is 6.29 Å². The van der Waals surface area contributed by atoms with Gasteiger partial charge in [0.05, 0.1) is 5.69 Å². The van der Waals surface area contributed by atoms with Crippen molar-refractivity contribution in [1.29, 1.82) is 0 Å². The highest BCUT2D eigenvalue weighted by molar-refractivity contribution is 5.37. The van der Waals surface area contributed by atoms with Gasteiger partial charge in [0.1, 0.15) is 12.4 Å². The first-order chi connectivity index (χ1) is 10.1. The highest BCUT2D eigenvalue weighted by Gasteiger charge is 2.06. The lowest BCUT2D eigenvalue weighted by molar-refractivity contribution is -0.121. The Morgan fingerprint density at radius 2 is 1.76 bits per heavy atom. The van der Waals surface area contributed by atoms with Gasteiger partial charge in [-0.1, -0.05) is 0 Å². The summed E-state index contributed by atoms with van der Waals surface area (Å²) in [5.41, 5.74) is -0.296. The van der Waals surface area contributed by atoms with E-state index in [4.69, 9.17) is 14.2 Å². The normalized spacial score (nSPS) is 10.8. The van der Waals surface area contributed by atoms with Crippen molar-refractivity contribution in [3.05, 3.63) is 57.4 Å². The zero-order valence-electron chi connectivity index (χ0n) is 11.7. The van der Waals surface area contributed by atoms with Crippen LogP contribution in [-0.2, 0) is 9.47 Å². The molecule has 0 bridgehead atoms. The Morgan fingerprint density at radius 3 is 2.33 bits per heavy atom. The SMILES string of the molecule is COC(COc1ccc(-n2ccc(=O)[nH]c2=O)cc1)OC. The van der Waals surface area contributed by atoms with Crippen LogP contribution >= 0.6 is 0 Å². The number of benzene rings is 1. The van der Waals surface area contributed by atoms with Crippen LogP contribution < -0.4 is 16.0 Å². The van der Waals surface area contributed by atoms with E-state index in [0.29, 0.717) is 11.4 Å². The van der Waals surface area contributed by atoms with Gasteiger partial charge in [-0.05, 0) is 24.3 Å². The van der Waals surface area contributed by atoms with E-state index in [-0.39, 0.29) is 6.61 Å². The molecule has 21 heavy (non-hydrogen) atoms. The zero-order chi connectivity index (χ0) is 15.2. The summed E-state index contributed by atoms with van der Waals surface area (Å²) >= 11 is 0. The first-order valence-electron chi connectivity index (χ1n) is 6.25. The van der Waals surface area contributed by atoms with E-state index >= 15 is 0 Å². The molecule has 112 valence electrons. The molecule has 1 aromatic heterocycles. The highest BCUT2D eigenvalue weighted by atomic mass is 16.7. The maximum atomic E-state index is 11.7. The third kappa shape index (κ3) is 3.80. The summed E-state index contributed by atoms with van der Waals surface area (Å²) in [5.74, 6) is 0.621. The molecular weight excluding hydrogens is 276 g/mol. The van der Waals surface area contributed by atoms with Crippen molar-refractivity contribution in [3.63, 3.8) is 0 Å². The van der Waals surface area contributed by atoms with Crippen LogP contribution in [0.2, 0.25) is 0 Å². The van der Waals surface area contributed by atoms with Crippen molar-refractivity contribution >= 4 is 0 Å². The van der Waals surface area contributed by atoms with Gasteiger partial charge in [0.2, 0.25) is 0 Å². The second-order valence-electron chi connectivity index (χ2n) is 4.19. The second-order valence-corrected chi connectivity index (χ2v) is 4.19. The van der Waals surface area contributed by atoms with E-state index in [9.17, 15) is 9.59 Å². The Kier molecular flexibility index (Phi) is 4.91. The topological polar surface area (TPSA) is 82.5 Å². The zero-order valence-corrected chi connectivity index (χ0v) is 11.7. The molecule has 7 heteroatoms. The van der Waals surface area contributed by atoms with Crippen molar-refractivity contribution in [2.24, 2.45) is 0 Å². The van der Waals surface area contributed by atoms with Gasteiger partial charge >= 0.3 is 5.69 Å². The number of methoxy groups -OCH3 is 2. The fourth-order valence-corrected chi connectivity index (χ4v) is 1.72. The Morgan fingerprint density at radius 1 is 1.10 bits per heavy atom. The molecule has 0 aliphatic rings. The molecule has 2 rings (SSSR count). The molecule has 0 aliphatic carbocycles. The number of nitrogens with one attached hydrogen (secondary N) is 1. The lowest BCUT2D eigenvalue weighted by atomic mass is 10.3. The van der Waals surface area contributed by atoms with Gasteiger partial charge in [-0.25, -0.2) is 4.79 Å². The molecule has 1 aromatic carbocycles. The molecule has 0 amide bonds. The number of hydrogen-bond donors (Lipinski definition) is 1. The van der Waals surface area contributed by atoms with Crippen LogP contribution in [0.15, 0.2) is 46.1 Å². The number of aromatic amines is 1. The van der Waals surface area contributed by atoms with E-state index in [1.807, 2.05) is 0 Å². The summed E-state index contributed by atoms with van der Waals surface area (Å²) in [4.78, 5) is 24.9. The minimum Gasteiger partial charge on any atom is -0.488 e. The van der Waals surface area contributed by atoms with E-state index in [0.717, 1.165) is 0 Å². The molecule has 7 nitrogen and oxygen atoms in total. The Balaban J connectivity index is 2.12. The van der Waals surface area contributed by atoms with E-state index in [2.05, 4.69) is 4.98 Å². The number of hydrogen-bond acceptors (Lipinski definition) is 5. The molecule has 0 atom stereocenters. The molecule has 0 radical (unpaired) electrons. The van der Waals surface area contributed by atoms with Crippen molar-refractivity contribution in [2.45, 2.75) is 6.29 Å². The van der Waals surface area contributed by atoms with Crippen molar-refractivity contribution in [1.82, 2.24) is 9.55 Å². The van der Waals surface area contributed by atoms with Crippen molar-refractivity contribution in [3.8, 4) is 11.4 Å². The molecular formula is C14H16N2O5. The summed E-state index contributed by atoms with van der Waals surface area (Å²) in [6, 6.07) is 8.14.